The standard InChI is InChI=1S/C16H16N2O/c1-13-6-5-9-16(15(13)12-17)18-10-11-19-14-7-3-2-4-8-14/h2-9,18H,10-11H2,1H3. The number of aryl methyl sites for hydroxylation is 1. The highest BCUT2D eigenvalue weighted by Crippen LogP contribution is 2.18. The third-order valence-corrected chi connectivity index (χ3v) is 2.81. The number of nitrogens with one attached hydrogen (secondary N) is 1. The molecule has 0 aliphatic heterocycles. The molecule has 0 aliphatic rings. The van der Waals surface area contributed by atoms with Crippen LogP contribution in [0.1, 0.15) is 11.1 Å². The van der Waals surface area contributed by atoms with Crippen LogP contribution in [0.5, 0.6) is 5.75 Å². The Bertz CT molecular complexity index is 573. The topological polar surface area (TPSA) is 45.0 Å². The second-order valence-electron chi connectivity index (χ2n) is 4.20. The monoisotopic (exact) mass is 252 g/mol. The van der Waals surface area contributed by atoms with Crippen LogP contribution in [0.25, 0.3) is 0 Å². The summed E-state index contributed by atoms with van der Waals surface area (Å²) >= 11 is 0. The molecule has 0 saturated carbocycles. The fraction of sp³-hybridized carbons (Fsp3) is 0.188. The molecule has 0 saturated heterocycles. The van der Waals surface area contributed by atoms with E-state index in [9.17, 15) is 0 Å². The zero-order valence-electron chi connectivity index (χ0n) is 10.9. The van der Waals surface area contributed by atoms with E-state index in [-0.39, 0.29) is 0 Å². The van der Waals surface area contributed by atoms with Gasteiger partial charge in [0.25, 0.3) is 0 Å². The maximum atomic E-state index is 9.11. The minimum Gasteiger partial charge on any atom is -0.492 e. The SMILES string of the molecule is Cc1cccc(NCCOc2ccccc2)c1C#N. The van der Waals surface area contributed by atoms with Crippen LogP contribution >= 0.6 is 0 Å². The third kappa shape index (κ3) is 3.49. The van der Waals surface area contributed by atoms with E-state index in [0.717, 1.165) is 17.0 Å². The first-order valence-corrected chi connectivity index (χ1v) is 6.22. The molecule has 0 heterocycles. The van der Waals surface area contributed by atoms with Gasteiger partial charge in [-0.25, -0.2) is 0 Å². The zero-order valence-corrected chi connectivity index (χ0v) is 10.9. The Hall–Kier alpha value is -2.47. The number of hydrogen-bond acceptors (Lipinski definition) is 3. The van der Waals surface area contributed by atoms with Crippen LogP contribution in [0.4, 0.5) is 5.69 Å². The smallest absolute Gasteiger partial charge is 0.119 e. The van der Waals surface area contributed by atoms with Crippen LogP contribution in [-0.2, 0) is 0 Å². The molecule has 0 aliphatic carbocycles. The van der Waals surface area contributed by atoms with Gasteiger partial charge in [-0.2, -0.15) is 5.26 Å². The van der Waals surface area contributed by atoms with Crippen LogP contribution in [-0.4, -0.2) is 13.2 Å². The summed E-state index contributed by atoms with van der Waals surface area (Å²) in [4.78, 5) is 0. The van der Waals surface area contributed by atoms with Gasteiger partial charge in [0.1, 0.15) is 18.4 Å². The van der Waals surface area contributed by atoms with E-state index in [1.54, 1.807) is 0 Å². The summed E-state index contributed by atoms with van der Waals surface area (Å²) in [7, 11) is 0. The van der Waals surface area contributed by atoms with E-state index < -0.39 is 0 Å². The molecule has 0 unspecified atom stereocenters. The number of hydrogen-bond donors (Lipinski definition) is 1. The number of nitrogens with zero attached hydrogens (tertiary/aromatic N) is 1. The molecule has 0 radical (unpaired) electrons. The Labute approximate surface area is 113 Å². The molecular weight excluding hydrogens is 236 g/mol. The van der Waals surface area contributed by atoms with Crippen LogP contribution in [0.2, 0.25) is 0 Å². The van der Waals surface area contributed by atoms with Crippen molar-refractivity contribution in [3.63, 3.8) is 0 Å². The second kappa shape index (κ2) is 6.46. The van der Waals surface area contributed by atoms with Gasteiger partial charge < -0.3 is 10.1 Å². The average Bonchev–Trinajstić information content (AvgIpc) is 2.45. The molecule has 96 valence electrons. The summed E-state index contributed by atoms with van der Waals surface area (Å²) in [6.45, 7) is 3.15. The van der Waals surface area contributed by atoms with E-state index in [0.29, 0.717) is 18.7 Å². The van der Waals surface area contributed by atoms with E-state index in [4.69, 9.17) is 10.00 Å². The Kier molecular flexibility index (Phi) is 4.41. The lowest BCUT2D eigenvalue weighted by atomic mass is 10.1. The molecule has 0 aromatic heterocycles. The van der Waals surface area contributed by atoms with Crippen LogP contribution < -0.4 is 10.1 Å². The average molecular weight is 252 g/mol. The van der Waals surface area contributed by atoms with Crippen molar-refractivity contribution in [1.82, 2.24) is 0 Å². The lowest BCUT2D eigenvalue weighted by Crippen LogP contribution is -2.12. The van der Waals surface area contributed by atoms with Crippen molar-refractivity contribution >= 4 is 5.69 Å². The predicted molar refractivity (Wildman–Crippen MR) is 76.3 cm³/mol. The first kappa shape index (κ1) is 13.0. The normalized spacial score (nSPS) is 9.68. The molecule has 0 bridgehead atoms. The van der Waals surface area contributed by atoms with Crippen molar-refractivity contribution in [1.29, 1.82) is 5.26 Å². The lowest BCUT2D eigenvalue weighted by molar-refractivity contribution is 0.333. The highest BCUT2D eigenvalue weighted by molar-refractivity contribution is 5.60. The number of nitriles is 1. The summed E-state index contributed by atoms with van der Waals surface area (Å²) in [6.07, 6.45) is 0. The minimum atomic E-state index is 0.558. The van der Waals surface area contributed by atoms with Crippen LogP contribution in [0.3, 0.4) is 0 Å². The summed E-state index contributed by atoms with van der Waals surface area (Å²) in [5, 5.41) is 12.3. The van der Waals surface area contributed by atoms with Gasteiger partial charge in [-0.15, -0.1) is 0 Å². The molecule has 0 fully saturated rings. The molecule has 3 heteroatoms. The maximum absolute atomic E-state index is 9.11. The highest BCUT2D eigenvalue weighted by Gasteiger charge is 2.03. The first-order valence-electron chi connectivity index (χ1n) is 6.22. The van der Waals surface area contributed by atoms with Crippen molar-refractivity contribution in [2.45, 2.75) is 6.92 Å². The van der Waals surface area contributed by atoms with Crippen molar-refractivity contribution in [2.24, 2.45) is 0 Å². The highest BCUT2D eigenvalue weighted by atomic mass is 16.5. The van der Waals surface area contributed by atoms with Gasteiger partial charge in [0.15, 0.2) is 0 Å². The Morgan fingerprint density at radius 1 is 1.11 bits per heavy atom. The van der Waals surface area contributed by atoms with E-state index >= 15 is 0 Å². The summed E-state index contributed by atoms with van der Waals surface area (Å²) in [5.74, 6) is 0.856. The summed E-state index contributed by atoms with van der Waals surface area (Å²) < 4.78 is 5.59. The van der Waals surface area contributed by atoms with Crippen molar-refractivity contribution < 1.29 is 4.74 Å². The number of ether oxygens (including phenoxy) is 1. The summed E-state index contributed by atoms with van der Waals surface area (Å²) in [6, 6.07) is 17.7. The lowest BCUT2D eigenvalue weighted by Gasteiger charge is -2.10. The molecule has 19 heavy (non-hydrogen) atoms. The number of benzene rings is 2. The molecule has 2 aromatic rings. The minimum absolute atomic E-state index is 0.558. The molecule has 2 rings (SSSR count). The van der Waals surface area contributed by atoms with Gasteiger partial charge in [-0.1, -0.05) is 30.3 Å². The van der Waals surface area contributed by atoms with Gasteiger partial charge >= 0.3 is 0 Å². The van der Waals surface area contributed by atoms with Crippen LogP contribution in [0.15, 0.2) is 48.5 Å². The summed E-state index contributed by atoms with van der Waals surface area (Å²) in [5.41, 5.74) is 2.54. The van der Waals surface area contributed by atoms with Gasteiger partial charge in [0.2, 0.25) is 0 Å². The Balaban J connectivity index is 1.87. The van der Waals surface area contributed by atoms with Gasteiger partial charge in [0.05, 0.1) is 11.3 Å². The van der Waals surface area contributed by atoms with Crippen molar-refractivity contribution in [2.75, 3.05) is 18.5 Å². The zero-order chi connectivity index (χ0) is 13.5. The fourth-order valence-electron chi connectivity index (χ4n) is 1.83. The number of para-hydroxylation sites is 1. The third-order valence-electron chi connectivity index (χ3n) is 2.81. The Morgan fingerprint density at radius 2 is 1.89 bits per heavy atom. The predicted octanol–water partition coefficient (Wildman–Crippen LogP) is 3.36. The van der Waals surface area contributed by atoms with Gasteiger partial charge in [-0.05, 0) is 30.7 Å². The quantitative estimate of drug-likeness (QED) is 0.830. The maximum Gasteiger partial charge on any atom is 0.119 e. The largest absolute Gasteiger partial charge is 0.492 e. The molecule has 0 atom stereocenters. The number of anilines is 1. The molecule has 1 N–H and O–H groups in total. The first-order chi connectivity index (χ1) is 9.31. The molecular formula is C16H16N2O. The van der Waals surface area contributed by atoms with Crippen molar-refractivity contribution in [3.8, 4) is 11.8 Å². The van der Waals surface area contributed by atoms with E-state index in [1.165, 1.54) is 0 Å². The molecule has 0 amide bonds. The number of rotatable bonds is 5. The van der Waals surface area contributed by atoms with Crippen LogP contribution in [0, 0.1) is 18.3 Å². The van der Waals surface area contributed by atoms with E-state index in [2.05, 4.69) is 11.4 Å². The second-order valence-corrected chi connectivity index (χ2v) is 4.20. The van der Waals surface area contributed by atoms with Crippen molar-refractivity contribution in [3.05, 3.63) is 59.7 Å². The van der Waals surface area contributed by atoms with Gasteiger partial charge in [0, 0.05) is 6.54 Å². The molecule has 3 nitrogen and oxygen atoms in total. The molecule has 0 spiro atoms. The van der Waals surface area contributed by atoms with Gasteiger partial charge in [-0.3, -0.25) is 0 Å². The van der Waals surface area contributed by atoms with E-state index in [1.807, 2.05) is 55.5 Å². The fourth-order valence-corrected chi connectivity index (χ4v) is 1.83. The molecule has 2 aromatic carbocycles. The Morgan fingerprint density at radius 3 is 2.63 bits per heavy atom.